The van der Waals surface area contributed by atoms with Crippen molar-refractivity contribution in [3.8, 4) is 0 Å². The van der Waals surface area contributed by atoms with E-state index in [-0.39, 0.29) is 10.7 Å². The third kappa shape index (κ3) is 3.74. The van der Waals surface area contributed by atoms with Crippen molar-refractivity contribution in [2.45, 2.75) is 26.3 Å². The summed E-state index contributed by atoms with van der Waals surface area (Å²) in [5.41, 5.74) is 11.6. The molecule has 9 heteroatoms. The summed E-state index contributed by atoms with van der Waals surface area (Å²) in [4.78, 5) is 27.9. The first-order chi connectivity index (χ1) is 11.1. The van der Waals surface area contributed by atoms with E-state index in [1.807, 2.05) is 20.8 Å². The summed E-state index contributed by atoms with van der Waals surface area (Å²) in [5.74, 6) is -0.686. The van der Waals surface area contributed by atoms with Gasteiger partial charge in [0.1, 0.15) is 5.00 Å². The van der Waals surface area contributed by atoms with Crippen LogP contribution in [0.1, 0.15) is 31.3 Å². The molecule has 1 aromatic carbocycles. The Morgan fingerprint density at radius 2 is 1.83 bits per heavy atom. The first kappa shape index (κ1) is 17.5. The van der Waals surface area contributed by atoms with Crippen LogP contribution in [-0.4, -0.2) is 27.6 Å². The highest BCUT2D eigenvalue weighted by molar-refractivity contribution is 7.19. The van der Waals surface area contributed by atoms with Crippen LogP contribution in [-0.2, 0) is 0 Å². The van der Waals surface area contributed by atoms with Gasteiger partial charge in [0.15, 0.2) is 10.8 Å². The summed E-state index contributed by atoms with van der Waals surface area (Å²) in [6.45, 7) is 5.45. The molecule has 0 aliphatic rings. The van der Waals surface area contributed by atoms with Gasteiger partial charge in [-0.3, -0.25) is 9.69 Å². The zero-order chi connectivity index (χ0) is 18.1. The number of benzene rings is 1. The Bertz CT molecular complexity index is 764. The minimum Gasteiger partial charge on any atom is -0.465 e. The van der Waals surface area contributed by atoms with Crippen molar-refractivity contribution in [3.63, 3.8) is 0 Å². The van der Waals surface area contributed by atoms with E-state index < -0.39 is 17.5 Å². The SMILES string of the molecule is CC(C)(C)N(C(=O)O)c1ccc(Nc2nc(C(N)=O)c(N)s2)cc1. The molecule has 1 heterocycles. The number of carbonyl (C=O) groups is 2. The van der Waals surface area contributed by atoms with Crippen molar-refractivity contribution < 1.29 is 14.7 Å². The van der Waals surface area contributed by atoms with Crippen molar-refractivity contribution in [2.75, 3.05) is 16.0 Å². The van der Waals surface area contributed by atoms with Gasteiger partial charge in [-0.2, -0.15) is 0 Å². The van der Waals surface area contributed by atoms with E-state index in [0.29, 0.717) is 16.5 Å². The summed E-state index contributed by atoms with van der Waals surface area (Å²) >= 11 is 1.11. The number of thiazole rings is 1. The number of hydrogen-bond donors (Lipinski definition) is 4. The van der Waals surface area contributed by atoms with Gasteiger partial charge in [0.25, 0.3) is 5.91 Å². The molecule has 24 heavy (non-hydrogen) atoms. The molecule has 0 atom stereocenters. The van der Waals surface area contributed by atoms with Gasteiger partial charge in [-0.05, 0) is 45.0 Å². The van der Waals surface area contributed by atoms with Crippen LogP contribution in [0, 0.1) is 0 Å². The fourth-order valence-corrected chi connectivity index (χ4v) is 2.92. The molecule has 2 rings (SSSR count). The standard InChI is InChI=1S/C15H19N5O3S/c1-15(2,3)20(14(22)23)9-6-4-8(5-7-9)18-13-19-10(11(16)21)12(17)24-13/h4-7H,17H2,1-3H3,(H2,16,21)(H,18,19)(H,22,23). The quantitative estimate of drug-likeness (QED) is 0.670. The smallest absolute Gasteiger partial charge is 0.412 e. The molecular weight excluding hydrogens is 330 g/mol. The van der Waals surface area contributed by atoms with Crippen LogP contribution >= 0.6 is 11.3 Å². The van der Waals surface area contributed by atoms with E-state index in [9.17, 15) is 14.7 Å². The third-order valence-corrected chi connectivity index (χ3v) is 3.93. The second-order valence-corrected chi connectivity index (χ2v) is 7.09. The number of nitrogen functional groups attached to an aromatic ring is 1. The van der Waals surface area contributed by atoms with Crippen molar-refractivity contribution >= 4 is 44.8 Å². The van der Waals surface area contributed by atoms with Gasteiger partial charge in [-0.25, -0.2) is 9.78 Å². The number of hydrogen-bond acceptors (Lipinski definition) is 6. The first-order valence-corrected chi connectivity index (χ1v) is 7.87. The Morgan fingerprint density at radius 1 is 1.25 bits per heavy atom. The summed E-state index contributed by atoms with van der Waals surface area (Å²) in [7, 11) is 0. The predicted molar refractivity (Wildman–Crippen MR) is 95.0 cm³/mol. The predicted octanol–water partition coefficient (Wildman–Crippen LogP) is 2.85. The van der Waals surface area contributed by atoms with E-state index in [4.69, 9.17) is 11.5 Å². The number of anilines is 4. The molecule has 0 aliphatic heterocycles. The number of primary amides is 1. The van der Waals surface area contributed by atoms with Crippen molar-refractivity contribution in [1.82, 2.24) is 4.98 Å². The Kier molecular flexibility index (Phi) is 4.65. The van der Waals surface area contributed by atoms with E-state index >= 15 is 0 Å². The minimum absolute atomic E-state index is 0.0314. The Morgan fingerprint density at radius 3 is 2.25 bits per heavy atom. The second kappa shape index (κ2) is 6.36. The van der Waals surface area contributed by atoms with Crippen LogP contribution in [0.5, 0.6) is 0 Å². The van der Waals surface area contributed by atoms with Crippen LogP contribution < -0.4 is 21.7 Å². The van der Waals surface area contributed by atoms with Gasteiger partial charge in [0.05, 0.1) is 0 Å². The summed E-state index contributed by atoms with van der Waals surface area (Å²) in [5, 5.41) is 13.1. The van der Waals surface area contributed by atoms with Crippen molar-refractivity contribution in [2.24, 2.45) is 5.73 Å². The van der Waals surface area contributed by atoms with Crippen LogP contribution in [0.2, 0.25) is 0 Å². The van der Waals surface area contributed by atoms with Gasteiger partial charge >= 0.3 is 6.09 Å². The number of amides is 2. The van der Waals surface area contributed by atoms with E-state index in [1.54, 1.807) is 24.3 Å². The summed E-state index contributed by atoms with van der Waals surface area (Å²) in [6.07, 6.45) is -1.03. The third-order valence-electron chi connectivity index (χ3n) is 3.13. The van der Waals surface area contributed by atoms with Gasteiger partial charge in [-0.1, -0.05) is 11.3 Å². The molecular formula is C15H19N5O3S. The largest absolute Gasteiger partial charge is 0.465 e. The maximum atomic E-state index is 11.5. The van der Waals surface area contributed by atoms with Crippen LogP contribution in [0.25, 0.3) is 0 Å². The Labute approximate surface area is 143 Å². The number of rotatable bonds is 4. The lowest BCUT2D eigenvalue weighted by molar-refractivity contribution is 0.0997. The van der Waals surface area contributed by atoms with Crippen molar-refractivity contribution in [3.05, 3.63) is 30.0 Å². The summed E-state index contributed by atoms with van der Waals surface area (Å²) < 4.78 is 0. The number of carbonyl (C=O) groups excluding carboxylic acids is 1. The van der Waals surface area contributed by atoms with Gasteiger partial charge in [0, 0.05) is 16.9 Å². The van der Waals surface area contributed by atoms with Crippen LogP contribution in [0.3, 0.4) is 0 Å². The zero-order valence-electron chi connectivity index (χ0n) is 13.5. The Balaban J connectivity index is 2.22. The average Bonchev–Trinajstić information content (AvgIpc) is 2.80. The highest BCUT2D eigenvalue weighted by Gasteiger charge is 2.27. The maximum Gasteiger partial charge on any atom is 0.412 e. The molecule has 2 amide bonds. The van der Waals surface area contributed by atoms with E-state index in [2.05, 4.69) is 10.3 Å². The molecule has 0 aliphatic carbocycles. The molecule has 6 N–H and O–H groups in total. The second-order valence-electron chi connectivity index (χ2n) is 6.06. The number of nitrogens with one attached hydrogen (secondary N) is 1. The molecule has 128 valence electrons. The molecule has 8 nitrogen and oxygen atoms in total. The van der Waals surface area contributed by atoms with Crippen LogP contribution in [0.4, 0.5) is 26.3 Å². The molecule has 1 aromatic heterocycles. The topological polar surface area (TPSA) is 135 Å². The number of carboxylic acid groups (broad SMARTS) is 1. The molecule has 0 fully saturated rings. The molecule has 0 saturated heterocycles. The van der Waals surface area contributed by atoms with Gasteiger partial charge in [-0.15, -0.1) is 0 Å². The lowest BCUT2D eigenvalue weighted by Gasteiger charge is -2.33. The summed E-state index contributed by atoms with van der Waals surface area (Å²) in [6, 6.07) is 6.82. The number of aromatic nitrogens is 1. The van der Waals surface area contributed by atoms with Gasteiger partial charge < -0.3 is 21.9 Å². The highest BCUT2D eigenvalue weighted by Crippen LogP contribution is 2.30. The average molecular weight is 349 g/mol. The van der Waals surface area contributed by atoms with Crippen molar-refractivity contribution in [1.29, 1.82) is 0 Å². The number of nitrogens with two attached hydrogens (primary N) is 2. The fraction of sp³-hybridized carbons (Fsp3) is 0.267. The highest BCUT2D eigenvalue weighted by atomic mass is 32.1. The molecule has 2 aromatic rings. The van der Waals surface area contributed by atoms with E-state index in [0.717, 1.165) is 11.3 Å². The monoisotopic (exact) mass is 349 g/mol. The lowest BCUT2D eigenvalue weighted by Crippen LogP contribution is -2.45. The molecule has 0 bridgehead atoms. The van der Waals surface area contributed by atoms with E-state index in [1.165, 1.54) is 4.90 Å². The lowest BCUT2D eigenvalue weighted by atomic mass is 10.1. The maximum absolute atomic E-state index is 11.5. The molecule has 0 spiro atoms. The number of nitrogens with zero attached hydrogens (tertiary/aromatic N) is 2. The zero-order valence-corrected chi connectivity index (χ0v) is 14.3. The van der Waals surface area contributed by atoms with Crippen LogP contribution in [0.15, 0.2) is 24.3 Å². The Hall–Kier alpha value is -2.81. The fourth-order valence-electron chi connectivity index (χ4n) is 2.16. The normalized spacial score (nSPS) is 11.1. The molecule has 0 saturated carbocycles. The first-order valence-electron chi connectivity index (χ1n) is 7.06. The molecule has 0 unspecified atom stereocenters. The molecule has 0 radical (unpaired) electrons. The van der Waals surface area contributed by atoms with Gasteiger partial charge in [0.2, 0.25) is 0 Å². The minimum atomic E-state index is -1.03.